The van der Waals surface area contributed by atoms with E-state index in [1.54, 1.807) is 6.92 Å². The molecule has 0 saturated carbocycles. The van der Waals surface area contributed by atoms with Crippen LogP contribution in [-0.4, -0.2) is 33.9 Å². The van der Waals surface area contributed by atoms with Gasteiger partial charge in [0.15, 0.2) is 0 Å². The molecule has 0 N–H and O–H groups in total. The summed E-state index contributed by atoms with van der Waals surface area (Å²) in [6.45, 7) is 3.40. The van der Waals surface area contributed by atoms with Crippen LogP contribution in [0.15, 0.2) is 9.17 Å². The lowest BCUT2D eigenvalue weighted by Gasteiger charge is -2.26. The van der Waals surface area contributed by atoms with Crippen molar-refractivity contribution in [1.82, 2.24) is 14.8 Å². The van der Waals surface area contributed by atoms with Gasteiger partial charge >= 0.3 is 0 Å². The number of hydrogen-bond acceptors (Lipinski definition) is 4. The minimum Gasteiger partial charge on any atom is -0.274 e. The minimum absolute atomic E-state index is 0.0864. The molecule has 5 nitrogen and oxygen atoms in total. The molecule has 1 atom stereocenters. The third-order valence-corrected chi connectivity index (χ3v) is 5.77. The number of carbonyl (C=O) groups excluding carboxylic acids is 1. The molecule has 0 spiro atoms. The summed E-state index contributed by atoms with van der Waals surface area (Å²) < 4.78 is 16.0. The number of nitrogens with zero attached hydrogens (tertiary/aromatic N) is 3. The highest BCUT2D eigenvalue weighted by Crippen LogP contribution is 2.33. The maximum atomic E-state index is 14.1. The van der Waals surface area contributed by atoms with Gasteiger partial charge in [0.25, 0.3) is 5.91 Å². The Kier molecular flexibility index (Phi) is 5.83. The Balaban J connectivity index is 2.26. The smallest absolute Gasteiger partial charge is 0.274 e. The second-order valence-electron chi connectivity index (χ2n) is 5.08. The van der Waals surface area contributed by atoms with Crippen LogP contribution in [0.4, 0.5) is 4.39 Å². The molecule has 0 bridgehead atoms. The number of rotatable bonds is 5. The topological polar surface area (TPSA) is 47.4 Å². The van der Waals surface area contributed by atoms with Crippen LogP contribution in [0.3, 0.4) is 0 Å². The molecule has 2 aromatic rings. The maximum Gasteiger partial charge on any atom is 0.284 e. The van der Waals surface area contributed by atoms with Crippen LogP contribution >= 0.6 is 38.9 Å². The molecule has 23 heavy (non-hydrogen) atoms. The molecule has 2 heterocycles. The van der Waals surface area contributed by atoms with Gasteiger partial charge in [-0.2, -0.15) is 9.49 Å². The fourth-order valence-corrected chi connectivity index (χ4v) is 4.16. The first-order valence-corrected chi connectivity index (χ1v) is 8.81. The molecule has 0 aliphatic heterocycles. The minimum atomic E-state index is -0.684. The van der Waals surface area contributed by atoms with E-state index in [2.05, 4.69) is 21.0 Å². The number of thiophene rings is 1. The zero-order chi connectivity index (χ0) is 17.3. The number of hydroxylamine groups is 2. The number of aromatic nitrogens is 2. The first kappa shape index (κ1) is 18.4. The second kappa shape index (κ2) is 7.29. The molecule has 1 amide bonds. The van der Waals surface area contributed by atoms with E-state index in [9.17, 15) is 9.18 Å². The van der Waals surface area contributed by atoms with E-state index in [4.69, 9.17) is 16.4 Å². The third kappa shape index (κ3) is 3.60. The van der Waals surface area contributed by atoms with Gasteiger partial charge in [-0.15, -0.1) is 11.3 Å². The molecule has 126 valence electrons. The van der Waals surface area contributed by atoms with Crippen molar-refractivity contribution in [3.8, 4) is 0 Å². The summed E-state index contributed by atoms with van der Waals surface area (Å²) in [4.78, 5) is 17.8. The van der Waals surface area contributed by atoms with Crippen LogP contribution in [0, 0.1) is 12.9 Å². The lowest BCUT2D eigenvalue weighted by Crippen LogP contribution is -2.39. The highest BCUT2D eigenvalue weighted by molar-refractivity contribution is 9.11. The Morgan fingerprint density at radius 2 is 2.30 bits per heavy atom. The van der Waals surface area contributed by atoms with E-state index < -0.39 is 11.9 Å². The van der Waals surface area contributed by atoms with Gasteiger partial charge in [-0.3, -0.25) is 9.63 Å². The number of hydrogen-bond donors (Lipinski definition) is 0. The molecule has 2 rings (SSSR count). The van der Waals surface area contributed by atoms with Crippen molar-refractivity contribution < 1.29 is 14.0 Å². The Morgan fingerprint density at radius 3 is 2.74 bits per heavy atom. The predicted octanol–water partition coefficient (Wildman–Crippen LogP) is 3.98. The normalized spacial score (nSPS) is 12.5. The van der Waals surface area contributed by atoms with Crippen LogP contribution < -0.4 is 0 Å². The molecule has 0 aromatic carbocycles. The van der Waals surface area contributed by atoms with E-state index in [0.29, 0.717) is 17.1 Å². The van der Waals surface area contributed by atoms with Crippen molar-refractivity contribution in [2.24, 2.45) is 7.05 Å². The van der Waals surface area contributed by atoms with Gasteiger partial charge in [-0.25, -0.2) is 9.75 Å². The Labute approximate surface area is 151 Å². The summed E-state index contributed by atoms with van der Waals surface area (Å²) in [5.74, 6) is -1.25. The predicted molar refractivity (Wildman–Crippen MR) is 91.3 cm³/mol. The van der Waals surface area contributed by atoms with E-state index in [1.165, 1.54) is 25.5 Å². The molecule has 0 aliphatic carbocycles. The quantitative estimate of drug-likeness (QED) is 0.682. The Bertz CT molecular complexity index is 714. The summed E-state index contributed by atoms with van der Waals surface area (Å²) in [5, 5.41) is 7.51. The van der Waals surface area contributed by atoms with Gasteiger partial charge in [-0.1, -0.05) is 11.6 Å². The first-order valence-electron chi connectivity index (χ1n) is 6.76. The van der Waals surface area contributed by atoms with E-state index >= 15 is 0 Å². The van der Waals surface area contributed by atoms with Crippen molar-refractivity contribution in [3.63, 3.8) is 0 Å². The van der Waals surface area contributed by atoms with Gasteiger partial charge < -0.3 is 0 Å². The lowest BCUT2D eigenvalue weighted by atomic mass is 10.1. The van der Waals surface area contributed by atoms with Crippen LogP contribution in [0.25, 0.3) is 0 Å². The molecular formula is C14H16BrClFN3O2S. The maximum absolute atomic E-state index is 14.1. The average Bonchev–Trinajstić information content (AvgIpc) is 2.92. The van der Waals surface area contributed by atoms with Gasteiger partial charge in [0, 0.05) is 12.4 Å². The van der Waals surface area contributed by atoms with Gasteiger partial charge in [0.2, 0.25) is 5.95 Å². The number of amides is 1. The van der Waals surface area contributed by atoms with E-state index in [1.807, 2.05) is 12.3 Å². The van der Waals surface area contributed by atoms with E-state index in [0.717, 1.165) is 19.1 Å². The van der Waals surface area contributed by atoms with Crippen LogP contribution in [0.5, 0.6) is 0 Å². The largest absolute Gasteiger partial charge is 0.284 e. The first-order chi connectivity index (χ1) is 10.8. The van der Waals surface area contributed by atoms with Crippen molar-refractivity contribution in [1.29, 1.82) is 0 Å². The van der Waals surface area contributed by atoms with Crippen LogP contribution in [0.2, 0.25) is 5.02 Å². The molecule has 9 heteroatoms. The van der Waals surface area contributed by atoms with Crippen LogP contribution in [0.1, 0.15) is 28.5 Å². The van der Waals surface area contributed by atoms with Gasteiger partial charge in [-0.05, 0) is 41.8 Å². The summed E-state index contributed by atoms with van der Waals surface area (Å²) in [7, 11) is 2.82. The highest BCUT2D eigenvalue weighted by Gasteiger charge is 2.29. The number of aryl methyl sites for hydroxylation is 2. The zero-order valence-electron chi connectivity index (χ0n) is 13.1. The summed E-state index contributed by atoms with van der Waals surface area (Å²) in [6, 6.07) is -0.338. The highest BCUT2D eigenvalue weighted by atomic mass is 79.9. The fraction of sp³-hybridized carbons (Fsp3) is 0.429. The SMILES string of the molecule is CON(C(=O)c1c(C)nn(C)c1F)C(C)Cc1c(Cl)csc1Br. The van der Waals surface area contributed by atoms with E-state index in [-0.39, 0.29) is 11.6 Å². The molecule has 0 saturated heterocycles. The van der Waals surface area contributed by atoms with Gasteiger partial charge in [0.05, 0.1) is 27.7 Å². The number of halogens is 3. The molecule has 2 aromatic heterocycles. The molecular weight excluding hydrogens is 409 g/mol. The lowest BCUT2D eigenvalue weighted by molar-refractivity contribution is -0.119. The van der Waals surface area contributed by atoms with Crippen molar-refractivity contribution >= 4 is 44.8 Å². The molecule has 0 radical (unpaired) electrons. The molecule has 0 fully saturated rings. The summed E-state index contributed by atoms with van der Waals surface area (Å²) in [6.07, 6.45) is 0.476. The monoisotopic (exact) mass is 423 g/mol. The zero-order valence-corrected chi connectivity index (χ0v) is 16.2. The molecule has 1 unspecified atom stereocenters. The van der Waals surface area contributed by atoms with Crippen LogP contribution in [-0.2, 0) is 18.3 Å². The van der Waals surface area contributed by atoms with Crippen molar-refractivity contribution in [3.05, 3.63) is 37.0 Å². The Hall–Kier alpha value is -0.960. The summed E-state index contributed by atoms with van der Waals surface area (Å²) in [5.41, 5.74) is 1.12. The van der Waals surface area contributed by atoms with Crippen molar-refractivity contribution in [2.45, 2.75) is 26.3 Å². The van der Waals surface area contributed by atoms with Crippen molar-refractivity contribution in [2.75, 3.05) is 7.11 Å². The third-order valence-electron chi connectivity index (χ3n) is 3.45. The Morgan fingerprint density at radius 1 is 1.65 bits per heavy atom. The summed E-state index contributed by atoms with van der Waals surface area (Å²) >= 11 is 11.1. The van der Waals surface area contributed by atoms with Gasteiger partial charge in [0.1, 0.15) is 5.56 Å². The second-order valence-corrected chi connectivity index (χ2v) is 7.68. The average molecular weight is 425 g/mol. The molecule has 0 aliphatic rings. The fourth-order valence-electron chi connectivity index (χ4n) is 2.34. The standard InChI is InChI=1S/C14H16BrClFN3O2S/c1-7(5-9-10(16)6-23-12(9)15)20(22-4)14(21)11-8(2)18-19(3)13(11)17/h6-7H,5H2,1-4H3. The number of carbonyl (C=O) groups is 1.